The fourth-order valence-corrected chi connectivity index (χ4v) is 5.79. The SMILES string of the molecule is CC(C)(C)c1cc(C(C)(C)C)c2c(c1F)COP(=O)(OC[C@@]1(F)O[C@@H](N3C=C(Cl)C(=O)NC3O)[C@H](O)[C@@H]1O)O2. The van der Waals surface area contributed by atoms with Crippen molar-refractivity contribution in [2.75, 3.05) is 6.61 Å². The molecule has 0 saturated carbocycles. The maximum atomic E-state index is 15.7. The second-order valence-electron chi connectivity index (χ2n) is 11.7. The summed E-state index contributed by atoms with van der Waals surface area (Å²) < 4.78 is 65.7. The number of aliphatic hydroxyl groups excluding tert-OH is 3. The number of carbonyl (C=O) groups excluding carboxylic acids is 1. The highest BCUT2D eigenvalue weighted by Crippen LogP contribution is 2.58. The molecule has 0 aliphatic carbocycles. The molecule has 1 saturated heterocycles. The molecule has 4 rings (SSSR count). The van der Waals surface area contributed by atoms with Crippen LogP contribution >= 0.6 is 19.4 Å². The Balaban J connectivity index is 1.58. The molecule has 1 amide bonds. The zero-order valence-electron chi connectivity index (χ0n) is 22.2. The van der Waals surface area contributed by atoms with E-state index in [0.29, 0.717) is 11.1 Å². The van der Waals surface area contributed by atoms with E-state index in [2.05, 4.69) is 5.32 Å². The van der Waals surface area contributed by atoms with Gasteiger partial charge in [-0.15, -0.1) is 0 Å². The van der Waals surface area contributed by atoms with Crippen LogP contribution < -0.4 is 9.84 Å². The Bertz CT molecular complexity index is 1250. The molecule has 15 heteroatoms. The molecule has 1 aromatic carbocycles. The fourth-order valence-electron chi connectivity index (χ4n) is 4.39. The number of aliphatic hydroxyl groups is 3. The Hall–Kier alpha value is -1.83. The van der Waals surface area contributed by atoms with Gasteiger partial charge in [0.1, 0.15) is 35.4 Å². The van der Waals surface area contributed by atoms with Crippen molar-refractivity contribution in [3.05, 3.63) is 39.8 Å². The van der Waals surface area contributed by atoms with E-state index in [0.717, 1.165) is 11.1 Å². The molecule has 4 N–H and O–H groups in total. The van der Waals surface area contributed by atoms with Gasteiger partial charge < -0.3 is 34.8 Å². The minimum absolute atomic E-state index is 0.0369. The first kappa shape index (κ1) is 30.1. The summed E-state index contributed by atoms with van der Waals surface area (Å²) >= 11 is 5.75. The van der Waals surface area contributed by atoms with Gasteiger partial charge in [0, 0.05) is 11.8 Å². The molecule has 1 fully saturated rings. The normalized spacial score (nSPS) is 33.4. The molecule has 6 atom stereocenters. The predicted molar refractivity (Wildman–Crippen MR) is 133 cm³/mol. The number of phosphoric ester groups is 1. The minimum Gasteiger partial charge on any atom is -0.403 e. The van der Waals surface area contributed by atoms with Crippen molar-refractivity contribution in [1.82, 2.24) is 10.2 Å². The number of hydrogen-bond acceptors (Lipinski definition) is 10. The van der Waals surface area contributed by atoms with Gasteiger partial charge in [0.2, 0.25) is 6.35 Å². The third kappa shape index (κ3) is 5.56. The zero-order valence-corrected chi connectivity index (χ0v) is 23.8. The minimum atomic E-state index is -4.57. The Morgan fingerprint density at radius 1 is 1.21 bits per heavy atom. The van der Waals surface area contributed by atoms with Crippen LogP contribution in [0, 0.1) is 5.82 Å². The molecule has 218 valence electrons. The zero-order chi connectivity index (χ0) is 29.3. The quantitative estimate of drug-likeness (QED) is 0.383. The van der Waals surface area contributed by atoms with Crippen LogP contribution in [0.1, 0.15) is 58.2 Å². The van der Waals surface area contributed by atoms with E-state index in [1.807, 2.05) is 41.5 Å². The summed E-state index contributed by atoms with van der Waals surface area (Å²) in [6.07, 6.45) is -6.81. The van der Waals surface area contributed by atoms with Crippen molar-refractivity contribution in [2.45, 2.75) is 89.6 Å². The summed E-state index contributed by atoms with van der Waals surface area (Å²) in [6, 6.07) is 1.63. The summed E-state index contributed by atoms with van der Waals surface area (Å²) in [6.45, 7) is 9.37. The van der Waals surface area contributed by atoms with Gasteiger partial charge in [-0.2, -0.15) is 0 Å². The maximum Gasteiger partial charge on any atom is 0.530 e. The Kier molecular flexibility index (Phi) is 7.66. The van der Waals surface area contributed by atoms with Crippen molar-refractivity contribution in [3.63, 3.8) is 0 Å². The van der Waals surface area contributed by atoms with Gasteiger partial charge >= 0.3 is 7.82 Å². The number of phosphoric acid groups is 1. The standard InChI is InChI=1S/C24H32ClF2N2O9P/c1-22(2,3)12-7-13(23(4,5)6)17-11(15(12)26)9-35-39(34,38-17)36-10-24(27)18(31)16(30)20(37-24)29-8-14(25)19(32)28-21(29)33/h7-8,16,18,20-21,30-31,33H,9-10H2,1-6H3,(H,28,32)/t16-,18+,20-,21?,24-,39?/m1/s1. The maximum absolute atomic E-state index is 15.7. The van der Waals surface area contributed by atoms with Gasteiger partial charge in [-0.1, -0.05) is 53.1 Å². The highest BCUT2D eigenvalue weighted by Gasteiger charge is 2.59. The average Bonchev–Trinajstić information content (AvgIpc) is 3.03. The first-order chi connectivity index (χ1) is 17.8. The third-order valence-corrected chi connectivity index (χ3v) is 8.17. The van der Waals surface area contributed by atoms with Crippen LogP contribution in [0.5, 0.6) is 5.75 Å². The van der Waals surface area contributed by atoms with Crippen LogP contribution in [0.25, 0.3) is 0 Å². The second-order valence-corrected chi connectivity index (χ2v) is 13.7. The van der Waals surface area contributed by atoms with E-state index in [1.165, 1.54) is 0 Å². The molecule has 3 aliphatic heterocycles. The number of carbonyl (C=O) groups is 1. The topological polar surface area (TPSA) is 147 Å². The molecular formula is C24H32ClF2N2O9P. The van der Waals surface area contributed by atoms with E-state index >= 15 is 8.78 Å². The van der Waals surface area contributed by atoms with Gasteiger partial charge in [0.05, 0.1) is 12.2 Å². The Labute approximate surface area is 229 Å². The second kappa shape index (κ2) is 9.92. The van der Waals surface area contributed by atoms with Crippen LogP contribution in [-0.4, -0.2) is 63.4 Å². The van der Waals surface area contributed by atoms with Crippen LogP contribution in [0.15, 0.2) is 17.3 Å². The summed E-state index contributed by atoms with van der Waals surface area (Å²) in [5.74, 6) is -4.62. The highest BCUT2D eigenvalue weighted by atomic mass is 35.5. The molecule has 0 aromatic heterocycles. The van der Waals surface area contributed by atoms with Crippen LogP contribution in [0.2, 0.25) is 0 Å². The van der Waals surface area contributed by atoms with Crippen molar-refractivity contribution >= 4 is 25.3 Å². The van der Waals surface area contributed by atoms with Gasteiger partial charge in [0.25, 0.3) is 11.8 Å². The lowest BCUT2D eigenvalue weighted by atomic mass is 9.78. The highest BCUT2D eigenvalue weighted by molar-refractivity contribution is 7.49. The average molecular weight is 597 g/mol. The molecule has 0 bridgehead atoms. The monoisotopic (exact) mass is 596 g/mol. The Morgan fingerprint density at radius 2 is 1.82 bits per heavy atom. The largest absolute Gasteiger partial charge is 0.530 e. The van der Waals surface area contributed by atoms with E-state index < -0.39 is 79.3 Å². The van der Waals surface area contributed by atoms with E-state index in [1.54, 1.807) is 6.07 Å². The molecule has 0 radical (unpaired) electrons. The lowest BCUT2D eigenvalue weighted by Crippen LogP contribution is -2.56. The lowest BCUT2D eigenvalue weighted by Gasteiger charge is -2.36. The van der Waals surface area contributed by atoms with E-state index in [9.17, 15) is 24.7 Å². The number of amides is 1. The van der Waals surface area contributed by atoms with E-state index in [-0.39, 0.29) is 11.3 Å². The summed E-state index contributed by atoms with van der Waals surface area (Å²) in [4.78, 5) is 12.4. The number of nitrogens with zero attached hydrogens (tertiary/aromatic N) is 1. The third-order valence-electron chi connectivity index (χ3n) is 6.60. The summed E-state index contributed by atoms with van der Waals surface area (Å²) in [7, 11) is -4.57. The van der Waals surface area contributed by atoms with Gasteiger partial charge in [-0.05, 0) is 22.5 Å². The van der Waals surface area contributed by atoms with Gasteiger partial charge in [-0.25, -0.2) is 13.3 Å². The number of alkyl halides is 1. The number of fused-ring (bicyclic) bond motifs is 1. The molecule has 1 aromatic rings. The molecule has 39 heavy (non-hydrogen) atoms. The molecule has 0 spiro atoms. The van der Waals surface area contributed by atoms with Crippen LogP contribution in [0.3, 0.4) is 0 Å². The van der Waals surface area contributed by atoms with Crippen LogP contribution in [-0.2, 0) is 40.6 Å². The van der Waals surface area contributed by atoms with Crippen molar-refractivity contribution in [2.24, 2.45) is 0 Å². The summed E-state index contributed by atoms with van der Waals surface area (Å²) in [5.41, 5.74) is -0.165. The Morgan fingerprint density at radius 3 is 2.41 bits per heavy atom. The smallest absolute Gasteiger partial charge is 0.403 e. The molecule has 3 aliphatic rings. The molecular weight excluding hydrogens is 565 g/mol. The van der Waals surface area contributed by atoms with E-state index in [4.69, 9.17) is 29.9 Å². The van der Waals surface area contributed by atoms with Crippen molar-refractivity contribution in [3.8, 4) is 5.75 Å². The first-order valence-corrected chi connectivity index (χ1v) is 13.9. The molecule has 3 heterocycles. The van der Waals surface area contributed by atoms with Gasteiger partial charge in [-0.3, -0.25) is 13.8 Å². The lowest BCUT2D eigenvalue weighted by molar-refractivity contribution is -0.225. The van der Waals surface area contributed by atoms with Crippen molar-refractivity contribution in [1.29, 1.82) is 0 Å². The number of nitrogens with one attached hydrogen (secondary N) is 1. The number of halogens is 3. The predicted octanol–water partition coefficient (Wildman–Crippen LogP) is 2.99. The fraction of sp³-hybridized carbons (Fsp3) is 0.625. The first-order valence-electron chi connectivity index (χ1n) is 12.1. The molecule has 11 nitrogen and oxygen atoms in total. The number of benzene rings is 1. The summed E-state index contributed by atoms with van der Waals surface area (Å²) in [5, 5.41) is 32.5. The number of hydrogen-bond donors (Lipinski definition) is 4. The number of rotatable bonds is 4. The van der Waals surface area contributed by atoms with Crippen molar-refractivity contribution < 1.29 is 51.8 Å². The number of ether oxygens (including phenoxy) is 1. The van der Waals surface area contributed by atoms with Crippen LogP contribution in [0.4, 0.5) is 8.78 Å². The molecule has 2 unspecified atom stereocenters. The van der Waals surface area contributed by atoms with Gasteiger partial charge in [0.15, 0.2) is 6.23 Å².